The largest absolute Gasteiger partial charge is 0.342 e. The van der Waals surface area contributed by atoms with Crippen LogP contribution >= 0.6 is 23.2 Å². The number of nitrogens with two attached hydrogens (primary N) is 1. The van der Waals surface area contributed by atoms with Crippen molar-refractivity contribution in [1.82, 2.24) is 4.90 Å². The first-order valence-electron chi connectivity index (χ1n) is 6.31. The third-order valence-corrected chi connectivity index (χ3v) is 4.64. The van der Waals surface area contributed by atoms with Crippen molar-refractivity contribution >= 4 is 39.1 Å². The lowest BCUT2D eigenvalue weighted by Gasteiger charge is -2.19. The molecular formula is C13H18Cl2N2O3S. The number of carbonyl (C=O) groups is 1. The quantitative estimate of drug-likeness (QED) is 0.884. The van der Waals surface area contributed by atoms with E-state index >= 15 is 0 Å². The smallest absolute Gasteiger partial charge is 0.255 e. The van der Waals surface area contributed by atoms with E-state index < -0.39 is 15.9 Å². The van der Waals surface area contributed by atoms with E-state index in [-0.39, 0.29) is 20.5 Å². The van der Waals surface area contributed by atoms with Gasteiger partial charge in [-0.15, -0.1) is 0 Å². The minimum Gasteiger partial charge on any atom is -0.342 e. The van der Waals surface area contributed by atoms with Gasteiger partial charge in [0.1, 0.15) is 0 Å². The molecule has 2 N–H and O–H groups in total. The number of halogens is 2. The van der Waals surface area contributed by atoms with Gasteiger partial charge in [-0.1, -0.05) is 37.0 Å². The van der Waals surface area contributed by atoms with Crippen LogP contribution in [0.15, 0.2) is 17.0 Å². The minimum absolute atomic E-state index is 0.0189. The number of hydrogen-bond donors (Lipinski definition) is 1. The molecule has 1 aromatic carbocycles. The fourth-order valence-corrected chi connectivity index (χ4v) is 2.68. The molecule has 0 saturated carbocycles. The van der Waals surface area contributed by atoms with Crippen LogP contribution in [-0.2, 0) is 10.0 Å². The van der Waals surface area contributed by atoms with Crippen LogP contribution in [0.2, 0.25) is 10.0 Å². The Balaban J connectivity index is 3.17. The van der Waals surface area contributed by atoms with E-state index in [1.165, 1.54) is 4.90 Å². The summed E-state index contributed by atoms with van der Waals surface area (Å²) in [7, 11) is -2.34. The molecule has 0 atom stereocenters. The van der Waals surface area contributed by atoms with Crippen molar-refractivity contribution in [2.24, 2.45) is 11.1 Å². The van der Waals surface area contributed by atoms with Gasteiger partial charge in [0, 0.05) is 13.6 Å². The van der Waals surface area contributed by atoms with E-state index in [1.807, 2.05) is 13.8 Å². The number of rotatable bonds is 5. The second-order valence-corrected chi connectivity index (χ2v) is 7.57. The highest BCUT2D eigenvalue weighted by atomic mass is 35.5. The third-order valence-electron chi connectivity index (χ3n) is 2.95. The van der Waals surface area contributed by atoms with Crippen molar-refractivity contribution < 1.29 is 13.2 Å². The number of amides is 1. The molecule has 0 spiro atoms. The first-order chi connectivity index (χ1) is 9.54. The summed E-state index contributed by atoms with van der Waals surface area (Å²) in [4.78, 5) is 13.6. The normalized spacial score (nSPS) is 11.8. The fraction of sp³-hybridized carbons (Fsp3) is 0.462. The number of sulfonamides is 1. The van der Waals surface area contributed by atoms with Gasteiger partial charge in [0.15, 0.2) is 0 Å². The summed E-state index contributed by atoms with van der Waals surface area (Å²) in [5.74, 6) is 0.0445. The minimum atomic E-state index is -3.96. The average molecular weight is 353 g/mol. The lowest BCUT2D eigenvalue weighted by atomic mass is 10.1. The summed E-state index contributed by atoms with van der Waals surface area (Å²) >= 11 is 11.9. The molecule has 8 heteroatoms. The van der Waals surface area contributed by atoms with Gasteiger partial charge >= 0.3 is 0 Å². The van der Waals surface area contributed by atoms with Crippen molar-refractivity contribution in [3.63, 3.8) is 0 Å². The van der Waals surface area contributed by atoms with Crippen LogP contribution < -0.4 is 5.14 Å². The molecular weight excluding hydrogens is 335 g/mol. The highest BCUT2D eigenvalue weighted by Gasteiger charge is 2.21. The third kappa shape index (κ3) is 4.85. The molecule has 5 nitrogen and oxygen atoms in total. The second kappa shape index (κ2) is 6.96. The summed E-state index contributed by atoms with van der Waals surface area (Å²) < 4.78 is 22.8. The molecule has 1 aromatic rings. The lowest BCUT2D eigenvalue weighted by Crippen LogP contribution is -2.29. The molecule has 1 amide bonds. The molecule has 0 saturated heterocycles. The zero-order valence-electron chi connectivity index (χ0n) is 12.1. The zero-order valence-corrected chi connectivity index (χ0v) is 14.4. The summed E-state index contributed by atoms with van der Waals surface area (Å²) in [5, 5.41) is 5.06. The highest BCUT2D eigenvalue weighted by Crippen LogP contribution is 2.30. The zero-order chi connectivity index (χ0) is 16.4. The van der Waals surface area contributed by atoms with Gasteiger partial charge in [0.2, 0.25) is 10.0 Å². The average Bonchev–Trinajstić information content (AvgIpc) is 2.36. The predicted molar refractivity (Wildman–Crippen MR) is 84.3 cm³/mol. The number of carbonyl (C=O) groups excluding carboxylic acids is 1. The Hall–Kier alpha value is -0.820. The monoisotopic (exact) mass is 352 g/mol. The van der Waals surface area contributed by atoms with E-state index in [9.17, 15) is 13.2 Å². The van der Waals surface area contributed by atoms with E-state index in [0.29, 0.717) is 12.5 Å². The molecule has 0 radical (unpaired) electrons. The van der Waals surface area contributed by atoms with Crippen molar-refractivity contribution in [3.05, 3.63) is 27.7 Å². The Kier molecular flexibility index (Phi) is 6.04. The molecule has 0 aliphatic carbocycles. The molecule has 21 heavy (non-hydrogen) atoms. The SMILES string of the molecule is CC(C)CCN(C)C(=O)c1cc(S(N)(=O)=O)cc(Cl)c1Cl. The molecule has 0 aromatic heterocycles. The maximum absolute atomic E-state index is 12.4. The molecule has 0 aliphatic rings. The standard InChI is InChI=1S/C13H18Cl2N2O3S/c1-8(2)4-5-17(3)13(18)10-6-9(21(16,19)20)7-11(14)12(10)15/h6-8H,4-5H2,1-3H3,(H2,16,19,20). The van der Waals surface area contributed by atoms with Crippen LogP contribution in [0.5, 0.6) is 0 Å². The van der Waals surface area contributed by atoms with Crippen LogP contribution in [0.4, 0.5) is 0 Å². The second-order valence-electron chi connectivity index (χ2n) is 5.22. The summed E-state index contributed by atoms with van der Waals surface area (Å²) in [6, 6.07) is 2.28. The molecule has 0 aliphatic heterocycles. The van der Waals surface area contributed by atoms with Crippen molar-refractivity contribution in [2.45, 2.75) is 25.2 Å². The van der Waals surface area contributed by atoms with Gasteiger partial charge in [-0.05, 0) is 24.5 Å². The van der Waals surface area contributed by atoms with Gasteiger partial charge in [-0.25, -0.2) is 13.6 Å². The Morgan fingerprint density at radius 2 is 1.90 bits per heavy atom. The number of primary sulfonamides is 1. The predicted octanol–water partition coefficient (Wildman–Crippen LogP) is 2.76. The Labute approximate surface area is 135 Å². The van der Waals surface area contributed by atoms with Crippen LogP contribution in [0.25, 0.3) is 0 Å². The molecule has 1 rings (SSSR count). The summed E-state index contributed by atoms with van der Waals surface area (Å²) in [6.07, 6.45) is 0.822. The Morgan fingerprint density at radius 1 is 1.33 bits per heavy atom. The molecule has 0 heterocycles. The van der Waals surface area contributed by atoms with Gasteiger partial charge in [-0.3, -0.25) is 4.79 Å². The first-order valence-corrected chi connectivity index (χ1v) is 8.61. The van der Waals surface area contributed by atoms with Crippen LogP contribution in [-0.4, -0.2) is 32.8 Å². The van der Waals surface area contributed by atoms with Gasteiger partial charge < -0.3 is 4.90 Å². The van der Waals surface area contributed by atoms with Crippen LogP contribution in [0.1, 0.15) is 30.6 Å². The lowest BCUT2D eigenvalue weighted by molar-refractivity contribution is 0.0789. The molecule has 0 unspecified atom stereocenters. The molecule has 118 valence electrons. The van der Waals surface area contributed by atoms with Crippen LogP contribution in [0, 0.1) is 5.92 Å². The number of nitrogens with zero attached hydrogens (tertiary/aromatic N) is 1. The Morgan fingerprint density at radius 3 is 2.38 bits per heavy atom. The van der Waals surface area contributed by atoms with Gasteiger partial charge in [0.25, 0.3) is 5.91 Å². The van der Waals surface area contributed by atoms with Gasteiger partial charge in [0.05, 0.1) is 20.5 Å². The Bertz CT molecular complexity index is 645. The maximum Gasteiger partial charge on any atom is 0.255 e. The summed E-state index contributed by atoms with van der Waals surface area (Å²) in [6.45, 7) is 4.62. The van der Waals surface area contributed by atoms with Crippen molar-refractivity contribution in [2.75, 3.05) is 13.6 Å². The van der Waals surface area contributed by atoms with E-state index in [1.54, 1.807) is 7.05 Å². The van der Waals surface area contributed by atoms with Crippen molar-refractivity contribution in [1.29, 1.82) is 0 Å². The fourth-order valence-electron chi connectivity index (χ4n) is 1.64. The maximum atomic E-state index is 12.4. The van der Waals surface area contributed by atoms with E-state index in [4.69, 9.17) is 28.3 Å². The van der Waals surface area contributed by atoms with Crippen molar-refractivity contribution in [3.8, 4) is 0 Å². The number of benzene rings is 1. The van der Waals surface area contributed by atoms with Gasteiger partial charge in [-0.2, -0.15) is 0 Å². The first kappa shape index (κ1) is 18.2. The topological polar surface area (TPSA) is 80.5 Å². The number of hydrogen-bond acceptors (Lipinski definition) is 3. The highest BCUT2D eigenvalue weighted by molar-refractivity contribution is 7.89. The molecule has 0 fully saturated rings. The van der Waals surface area contributed by atoms with E-state index in [2.05, 4.69) is 0 Å². The molecule has 0 bridgehead atoms. The van der Waals surface area contributed by atoms with Crippen LogP contribution in [0.3, 0.4) is 0 Å². The summed E-state index contributed by atoms with van der Waals surface area (Å²) in [5.41, 5.74) is 0.0273. The van der Waals surface area contributed by atoms with E-state index in [0.717, 1.165) is 18.6 Å².